The number of carboxylic acid groups (broad SMARTS) is 1. The lowest BCUT2D eigenvalue weighted by atomic mass is 10.2. The number of anilines is 1. The van der Waals surface area contributed by atoms with Gasteiger partial charge >= 0.3 is 5.97 Å². The molecule has 0 radical (unpaired) electrons. The van der Waals surface area contributed by atoms with Crippen LogP contribution in [-0.4, -0.2) is 30.8 Å². The van der Waals surface area contributed by atoms with E-state index in [1.807, 2.05) is 0 Å². The highest BCUT2D eigenvalue weighted by atomic mass is 35.5. The van der Waals surface area contributed by atoms with E-state index in [1.54, 1.807) is 36.2 Å². The Balaban J connectivity index is 2.54. The predicted molar refractivity (Wildman–Crippen MR) is 61.9 cm³/mol. The summed E-state index contributed by atoms with van der Waals surface area (Å²) in [6.45, 7) is 0.0495. The van der Waals surface area contributed by atoms with E-state index in [2.05, 4.69) is 0 Å². The van der Waals surface area contributed by atoms with Crippen molar-refractivity contribution >= 4 is 23.3 Å². The topological polar surface area (TPSA) is 40.5 Å². The van der Waals surface area contributed by atoms with Gasteiger partial charge in [0.15, 0.2) is 0 Å². The molecule has 0 bridgehead atoms. The van der Waals surface area contributed by atoms with Crippen molar-refractivity contribution < 1.29 is 14.3 Å². The van der Waals surface area contributed by atoms with E-state index in [-0.39, 0.29) is 6.54 Å². The van der Waals surface area contributed by atoms with E-state index in [0.717, 1.165) is 5.69 Å². The number of halogens is 2. The zero-order valence-corrected chi connectivity index (χ0v) is 9.62. The van der Waals surface area contributed by atoms with Gasteiger partial charge in [-0.15, -0.1) is 0 Å². The van der Waals surface area contributed by atoms with Crippen molar-refractivity contribution in [3.05, 3.63) is 29.3 Å². The summed E-state index contributed by atoms with van der Waals surface area (Å²) in [4.78, 5) is 12.0. The fourth-order valence-electron chi connectivity index (χ4n) is 1.35. The highest BCUT2D eigenvalue weighted by Gasteiger charge is 2.14. The van der Waals surface area contributed by atoms with Crippen LogP contribution in [0.15, 0.2) is 24.3 Å². The van der Waals surface area contributed by atoms with Crippen LogP contribution < -0.4 is 4.90 Å². The number of carboxylic acids is 1. The minimum atomic E-state index is -1.38. The van der Waals surface area contributed by atoms with Gasteiger partial charge in [-0.3, -0.25) is 4.79 Å². The lowest BCUT2D eigenvalue weighted by Gasteiger charge is -2.20. The SMILES string of the molecule is CN(CC(F)CC(=O)O)c1ccc(Cl)cc1. The fourth-order valence-corrected chi connectivity index (χ4v) is 1.48. The number of rotatable bonds is 5. The van der Waals surface area contributed by atoms with Crippen molar-refractivity contribution in [2.45, 2.75) is 12.6 Å². The number of aliphatic carboxylic acids is 1. The lowest BCUT2D eigenvalue weighted by molar-refractivity contribution is -0.138. The van der Waals surface area contributed by atoms with Gasteiger partial charge < -0.3 is 10.0 Å². The predicted octanol–water partition coefficient (Wildman–Crippen LogP) is 2.59. The first-order valence-electron chi connectivity index (χ1n) is 4.81. The van der Waals surface area contributed by atoms with Crippen LogP contribution in [-0.2, 0) is 4.79 Å². The fraction of sp³-hybridized carbons (Fsp3) is 0.364. The monoisotopic (exact) mass is 245 g/mol. The molecule has 0 fully saturated rings. The first-order chi connectivity index (χ1) is 7.49. The molecule has 0 heterocycles. The van der Waals surface area contributed by atoms with Crippen LogP contribution in [0.25, 0.3) is 0 Å². The number of hydrogen-bond acceptors (Lipinski definition) is 2. The third-order valence-corrected chi connectivity index (χ3v) is 2.39. The number of carbonyl (C=O) groups is 1. The number of benzene rings is 1. The van der Waals surface area contributed by atoms with Gasteiger partial charge in [-0.05, 0) is 24.3 Å². The minimum absolute atomic E-state index is 0.0495. The molecule has 16 heavy (non-hydrogen) atoms. The number of alkyl halides is 1. The van der Waals surface area contributed by atoms with Crippen LogP contribution in [0, 0.1) is 0 Å². The molecule has 1 unspecified atom stereocenters. The van der Waals surface area contributed by atoms with Crippen LogP contribution in [0.2, 0.25) is 5.02 Å². The maximum atomic E-state index is 13.2. The summed E-state index contributed by atoms with van der Waals surface area (Å²) >= 11 is 5.72. The largest absolute Gasteiger partial charge is 0.481 e. The molecule has 5 heteroatoms. The van der Waals surface area contributed by atoms with Crippen LogP contribution in [0.1, 0.15) is 6.42 Å². The molecule has 1 N–H and O–H groups in total. The normalized spacial score (nSPS) is 12.2. The number of nitrogens with zero attached hydrogens (tertiary/aromatic N) is 1. The van der Waals surface area contributed by atoms with E-state index < -0.39 is 18.6 Å². The van der Waals surface area contributed by atoms with Crippen molar-refractivity contribution in [1.82, 2.24) is 0 Å². The molecular weight excluding hydrogens is 233 g/mol. The van der Waals surface area contributed by atoms with Gasteiger partial charge in [-0.1, -0.05) is 11.6 Å². The molecule has 0 amide bonds. The molecule has 88 valence electrons. The molecule has 0 spiro atoms. The van der Waals surface area contributed by atoms with Crippen LogP contribution in [0.3, 0.4) is 0 Å². The summed E-state index contributed by atoms with van der Waals surface area (Å²) in [6.07, 6.45) is -1.85. The van der Waals surface area contributed by atoms with Crippen molar-refractivity contribution in [3.8, 4) is 0 Å². The highest BCUT2D eigenvalue weighted by Crippen LogP contribution is 2.17. The van der Waals surface area contributed by atoms with Crippen LogP contribution >= 0.6 is 11.6 Å². The molecular formula is C11H13ClFNO2. The van der Waals surface area contributed by atoms with Gasteiger partial charge in [0.1, 0.15) is 6.17 Å². The van der Waals surface area contributed by atoms with E-state index in [0.29, 0.717) is 5.02 Å². The Morgan fingerprint density at radius 2 is 2.06 bits per heavy atom. The zero-order chi connectivity index (χ0) is 12.1. The van der Waals surface area contributed by atoms with E-state index in [9.17, 15) is 9.18 Å². The average molecular weight is 246 g/mol. The molecule has 0 aliphatic heterocycles. The van der Waals surface area contributed by atoms with Gasteiger partial charge in [0, 0.05) is 24.3 Å². The first-order valence-corrected chi connectivity index (χ1v) is 5.19. The third-order valence-electron chi connectivity index (χ3n) is 2.14. The first kappa shape index (κ1) is 12.8. The second-order valence-electron chi connectivity index (χ2n) is 3.55. The molecule has 1 rings (SSSR count). The van der Waals surface area contributed by atoms with Crippen LogP contribution in [0.4, 0.5) is 10.1 Å². The second kappa shape index (κ2) is 5.70. The summed E-state index contributed by atoms with van der Waals surface area (Å²) < 4.78 is 13.2. The zero-order valence-electron chi connectivity index (χ0n) is 8.86. The average Bonchev–Trinajstić information content (AvgIpc) is 2.16. The molecule has 3 nitrogen and oxygen atoms in total. The van der Waals surface area contributed by atoms with Gasteiger partial charge in [-0.2, -0.15) is 0 Å². The van der Waals surface area contributed by atoms with Crippen molar-refractivity contribution in [2.75, 3.05) is 18.5 Å². The quantitative estimate of drug-likeness (QED) is 0.867. The standard InChI is InChI=1S/C11H13ClFNO2/c1-14(7-9(13)6-11(15)16)10-4-2-8(12)3-5-10/h2-5,9H,6-7H2,1H3,(H,15,16). The Morgan fingerprint density at radius 3 is 2.56 bits per heavy atom. The molecule has 0 aliphatic carbocycles. The number of hydrogen-bond donors (Lipinski definition) is 1. The molecule has 1 atom stereocenters. The van der Waals surface area contributed by atoms with Gasteiger partial charge in [0.05, 0.1) is 6.42 Å². The smallest absolute Gasteiger partial charge is 0.306 e. The Morgan fingerprint density at radius 1 is 1.50 bits per heavy atom. The Hall–Kier alpha value is -1.29. The molecule has 1 aromatic carbocycles. The Bertz CT molecular complexity index is 356. The molecule has 0 saturated carbocycles. The molecule has 0 aliphatic rings. The summed E-state index contributed by atoms with van der Waals surface area (Å²) in [5.41, 5.74) is 0.803. The minimum Gasteiger partial charge on any atom is -0.481 e. The third kappa shape index (κ3) is 4.06. The maximum Gasteiger partial charge on any atom is 0.306 e. The Labute approximate surface area is 98.4 Å². The summed E-state index contributed by atoms with van der Waals surface area (Å²) in [6, 6.07) is 6.93. The van der Waals surface area contributed by atoms with E-state index in [4.69, 9.17) is 16.7 Å². The van der Waals surface area contributed by atoms with Gasteiger partial charge in [0.2, 0.25) is 0 Å². The van der Waals surface area contributed by atoms with Crippen molar-refractivity contribution in [3.63, 3.8) is 0 Å². The van der Waals surface area contributed by atoms with Crippen LogP contribution in [0.5, 0.6) is 0 Å². The van der Waals surface area contributed by atoms with E-state index >= 15 is 0 Å². The molecule has 0 aromatic heterocycles. The molecule has 0 saturated heterocycles. The molecule has 1 aromatic rings. The second-order valence-corrected chi connectivity index (χ2v) is 3.99. The van der Waals surface area contributed by atoms with Gasteiger partial charge in [-0.25, -0.2) is 4.39 Å². The Kier molecular flexibility index (Phi) is 4.55. The van der Waals surface area contributed by atoms with Crippen molar-refractivity contribution in [1.29, 1.82) is 0 Å². The summed E-state index contributed by atoms with van der Waals surface area (Å²) in [7, 11) is 1.71. The van der Waals surface area contributed by atoms with Crippen molar-refractivity contribution in [2.24, 2.45) is 0 Å². The highest BCUT2D eigenvalue weighted by molar-refractivity contribution is 6.30. The lowest BCUT2D eigenvalue weighted by Crippen LogP contribution is -2.27. The summed E-state index contributed by atoms with van der Waals surface area (Å²) in [5.74, 6) is -1.13. The van der Waals surface area contributed by atoms with Gasteiger partial charge in [0.25, 0.3) is 0 Å². The van der Waals surface area contributed by atoms with E-state index in [1.165, 1.54) is 0 Å². The summed E-state index contributed by atoms with van der Waals surface area (Å²) in [5, 5.41) is 9.04. The maximum absolute atomic E-state index is 13.2.